The Balaban J connectivity index is 2.07. The van der Waals surface area contributed by atoms with Crippen LogP contribution in [0.1, 0.15) is 65.2 Å². The zero-order valence-electron chi connectivity index (χ0n) is 14.2. The van der Waals surface area contributed by atoms with Gasteiger partial charge in [-0.1, -0.05) is 33.1 Å². The first-order valence-corrected chi connectivity index (χ1v) is 8.80. The van der Waals surface area contributed by atoms with Gasteiger partial charge in [-0.05, 0) is 25.2 Å². The van der Waals surface area contributed by atoms with Crippen molar-refractivity contribution in [1.29, 1.82) is 0 Å². The second-order valence-corrected chi connectivity index (χ2v) is 6.16. The molecule has 2 N–H and O–H groups in total. The number of carbonyl (C=O) groups is 2. The molecule has 0 aromatic carbocycles. The standard InChI is InChI=1S/C17H32N2O3/c1-3-5-7-14(4-2)12-18-16(20)9-10-17(21)19-13-15-8-6-11-22-15/h14-15H,3-13H2,1-2H3,(H,18,20)(H,19,21). The number of rotatable bonds is 11. The number of hydrogen-bond donors (Lipinski definition) is 2. The largest absolute Gasteiger partial charge is 0.376 e. The van der Waals surface area contributed by atoms with E-state index in [-0.39, 0.29) is 30.8 Å². The van der Waals surface area contributed by atoms with Crippen molar-refractivity contribution < 1.29 is 14.3 Å². The fourth-order valence-electron chi connectivity index (χ4n) is 2.64. The molecule has 0 bridgehead atoms. The van der Waals surface area contributed by atoms with Crippen LogP contribution in [0.2, 0.25) is 0 Å². The third-order valence-corrected chi connectivity index (χ3v) is 4.26. The second kappa shape index (κ2) is 11.5. The number of hydrogen-bond acceptors (Lipinski definition) is 3. The molecule has 5 heteroatoms. The summed E-state index contributed by atoms with van der Waals surface area (Å²) in [7, 11) is 0. The van der Waals surface area contributed by atoms with Crippen LogP contribution >= 0.6 is 0 Å². The van der Waals surface area contributed by atoms with Gasteiger partial charge in [0.05, 0.1) is 6.10 Å². The van der Waals surface area contributed by atoms with Crippen LogP contribution in [0.5, 0.6) is 0 Å². The van der Waals surface area contributed by atoms with E-state index < -0.39 is 0 Å². The van der Waals surface area contributed by atoms with Crippen molar-refractivity contribution >= 4 is 11.8 Å². The molecule has 2 unspecified atom stereocenters. The van der Waals surface area contributed by atoms with Crippen molar-refractivity contribution in [3.63, 3.8) is 0 Å². The molecule has 0 aromatic heterocycles. The van der Waals surface area contributed by atoms with Gasteiger partial charge >= 0.3 is 0 Å². The Bertz CT molecular complexity index is 328. The Morgan fingerprint density at radius 3 is 2.50 bits per heavy atom. The normalized spacial score (nSPS) is 18.9. The third-order valence-electron chi connectivity index (χ3n) is 4.26. The molecule has 2 amide bonds. The van der Waals surface area contributed by atoms with Crippen LogP contribution < -0.4 is 10.6 Å². The van der Waals surface area contributed by atoms with E-state index in [1.54, 1.807) is 0 Å². The molecule has 1 heterocycles. The molecule has 1 fully saturated rings. The Morgan fingerprint density at radius 2 is 1.91 bits per heavy atom. The summed E-state index contributed by atoms with van der Waals surface area (Å²) >= 11 is 0. The lowest BCUT2D eigenvalue weighted by atomic mass is 9.99. The van der Waals surface area contributed by atoms with E-state index in [9.17, 15) is 9.59 Å². The van der Waals surface area contributed by atoms with Gasteiger partial charge in [0, 0.05) is 32.5 Å². The monoisotopic (exact) mass is 312 g/mol. The van der Waals surface area contributed by atoms with E-state index in [0.717, 1.165) is 38.8 Å². The Labute approximate surface area is 134 Å². The topological polar surface area (TPSA) is 67.4 Å². The first-order valence-electron chi connectivity index (χ1n) is 8.80. The summed E-state index contributed by atoms with van der Waals surface area (Å²) in [6.07, 6.45) is 7.40. The van der Waals surface area contributed by atoms with Crippen LogP contribution in [0, 0.1) is 5.92 Å². The van der Waals surface area contributed by atoms with Gasteiger partial charge < -0.3 is 15.4 Å². The van der Waals surface area contributed by atoms with Gasteiger partial charge in [-0.3, -0.25) is 9.59 Å². The molecule has 128 valence electrons. The summed E-state index contributed by atoms with van der Waals surface area (Å²) < 4.78 is 5.44. The minimum absolute atomic E-state index is 0.0257. The Morgan fingerprint density at radius 1 is 1.18 bits per heavy atom. The van der Waals surface area contributed by atoms with Crippen molar-refractivity contribution in [2.45, 2.75) is 71.3 Å². The maximum Gasteiger partial charge on any atom is 0.220 e. The number of carbonyl (C=O) groups excluding carboxylic acids is 2. The molecule has 0 saturated carbocycles. The lowest BCUT2D eigenvalue weighted by molar-refractivity contribution is -0.126. The highest BCUT2D eigenvalue weighted by atomic mass is 16.5. The van der Waals surface area contributed by atoms with E-state index >= 15 is 0 Å². The summed E-state index contributed by atoms with van der Waals surface area (Å²) in [4.78, 5) is 23.5. The number of nitrogens with one attached hydrogen (secondary N) is 2. The number of unbranched alkanes of at least 4 members (excludes halogenated alkanes) is 1. The average Bonchev–Trinajstić information content (AvgIpc) is 3.04. The highest BCUT2D eigenvalue weighted by molar-refractivity contribution is 5.83. The van der Waals surface area contributed by atoms with E-state index in [1.807, 2.05) is 0 Å². The minimum Gasteiger partial charge on any atom is -0.376 e. The molecule has 0 aliphatic carbocycles. The molecule has 1 saturated heterocycles. The molecule has 1 aliphatic rings. The van der Waals surface area contributed by atoms with Crippen LogP contribution in [0.4, 0.5) is 0 Å². The van der Waals surface area contributed by atoms with Gasteiger partial charge in [-0.25, -0.2) is 0 Å². The summed E-state index contributed by atoms with van der Waals surface area (Å²) in [5.41, 5.74) is 0. The second-order valence-electron chi connectivity index (χ2n) is 6.16. The Hall–Kier alpha value is -1.10. The van der Waals surface area contributed by atoms with Gasteiger partial charge in [0.1, 0.15) is 0 Å². The molecule has 22 heavy (non-hydrogen) atoms. The van der Waals surface area contributed by atoms with Gasteiger partial charge in [0.2, 0.25) is 11.8 Å². The number of ether oxygens (including phenoxy) is 1. The lowest BCUT2D eigenvalue weighted by Gasteiger charge is -2.15. The summed E-state index contributed by atoms with van der Waals surface area (Å²) in [6.45, 7) is 6.42. The first-order chi connectivity index (χ1) is 10.7. The quantitative estimate of drug-likeness (QED) is 0.615. The van der Waals surface area contributed by atoms with Crippen LogP contribution in [0.15, 0.2) is 0 Å². The Kier molecular flexibility index (Phi) is 9.87. The molecule has 1 aliphatic heterocycles. The van der Waals surface area contributed by atoms with Crippen LogP contribution in [0.25, 0.3) is 0 Å². The smallest absolute Gasteiger partial charge is 0.220 e. The zero-order valence-corrected chi connectivity index (χ0v) is 14.2. The molecule has 1 rings (SSSR count). The SMILES string of the molecule is CCCCC(CC)CNC(=O)CCC(=O)NCC1CCCO1. The molecule has 0 spiro atoms. The fraction of sp³-hybridized carbons (Fsp3) is 0.882. The average molecular weight is 312 g/mol. The van der Waals surface area contributed by atoms with Gasteiger partial charge in [-0.2, -0.15) is 0 Å². The van der Waals surface area contributed by atoms with E-state index in [2.05, 4.69) is 24.5 Å². The van der Waals surface area contributed by atoms with E-state index in [4.69, 9.17) is 4.74 Å². The lowest BCUT2D eigenvalue weighted by Crippen LogP contribution is -2.33. The number of amides is 2. The molecule has 5 nitrogen and oxygen atoms in total. The molecule has 2 atom stereocenters. The summed E-state index contributed by atoms with van der Waals surface area (Å²) in [5, 5.41) is 5.79. The minimum atomic E-state index is -0.0660. The predicted octanol–water partition coefficient (Wildman–Crippen LogP) is 2.39. The van der Waals surface area contributed by atoms with E-state index in [0.29, 0.717) is 12.5 Å². The summed E-state index contributed by atoms with van der Waals surface area (Å²) in [6, 6.07) is 0. The maximum absolute atomic E-state index is 11.8. The highest BCUT2D eigenvalue weighted by Gasteiger charge is 2.16. The van der Waals surface area contributed by atoms with Gasteiger partial charge in [0.25, 0.3) is 0 Å². The van der Waals surface area contributed by atoms with Crippen LogP contribution in [0.3, 0.4) is 0 Å². The van der Waals surface area contributed by atoms with Crippen LogP contribution in [-0.2, 0) is 14.3 Å². The molecular weight excluding hydrogens is 280 g/mol. The first kappa shape index (κ1) is 18.9. The van der Waals surface area contributed by atoms with Crippen molar-refractivity contribution in [1.82, 2.24) is 10.6 Å². The predicted molar refractivity (Wildman–Crippen MR) is 87.5 cm³/mol. The zero-order chi connectivity index (χ0) is 16.2. The third kappa shape index (κ3) is 8.37. The van der Waals surface area contributed by atoms with Gasteiger partial charge in [0.15, 0.2) is 0 Å². The van der Waals surface area contributed by atoms with Crippen molar-refractivity contribution in [2.24, 2.45) is 5.92 Å². The van der Waals surface area contributed by atoms with Crippen LogP contribution in [-0.4, -0.2) is 37.6 Å². The van der Waals surface area contributed by atoms with Gasteiger partial charge in [-0.15, -0.1) is 0 Å². The molecular formula is C17H32N2O3. The van der Waals surface area contributed by atoms with Crippen molar-refractivity contribution in [3.05, 3.63) is 0 Å². The summed E-state index contributed by atoms with van der Waals surface area (Å²) in [5.74, 6) is 0.461. The fourth-order valence-corrected chi connectivity index (χ4v) is 2.64. The molecule has 0 aromatic rings. The maximum atomic E-state index is 11.8. The van der Waals surface area contributed by atoms with E-state index in [1.165, 1.54) is 12.8 Å². The van der Waals surface area contributed by atoms with Crippen molar-refractivity contribution in [3.8, 4) is 0 Å². The van der Waals surface area contributed by atoms with Crippen molar-refractivity contribution in [2.75, 3.05) is 19.7 Å². The highest BCUT2D eigenvalue weighted by Crippen LogP contribution is 2.11. The molecule has 0 radical (unpaired) electrons.